The third-order valence-electron chi connectivity index (χ3n) is 4.67. The fourth-order valence-corrected chi connectivity index (χ4v) is 3.83. The minimum atomic E-state index is -3.33. The molecule has 0 unspecified atom stereocenters. The number of nitrogens with zero attached hydrogens (tertiary/aromatic N) is 2. The van der Waals surface area contributed by atoms with Crippen molar-refractivity contribution >= 4 is 21.5 Å². The molecule has 0 radical (unpaired) electrons. The van der Waals surface area contributed by atoms with Crippen LogP contribution >= 0.6 is 0 Å². The molecule has 0 bridgehead atoms. The molecule has 0 atom stereocenters. The zero-order valence-corrected chi connectivity index (χ0v) is 15.9. The highest BCUT2D eigenvalue weighted by atomic mass is 32.2. The summed E-state index contributed by atoms with van der Waals surface area (Å²) in [6.07, 6.45) is 4.24. The lowest BCUT2D eigenvalue weighted by Crippen LogP contribution is -2.36. The van der Waals surface area contributed by atoms with Crippen LogP contribution in [0, 0.1) is 5.92 Å². The van der Waals surface area contributed by atoms with Crippen LogP contribution in [-0.4, -0.2) is 48.5 Å². The Morgan fingerprint density at radius 3 is 2.48 bits per heavy atom. The number of nitrogens with one attached hydrogen (secondary N) is 1. The highest BCUT2D eigenvalue weighted by Crippen LogP contribution is 2.25. The van der Waals surface area contributed by atoms with Gasteiger partial charge in [0.1, 0.15) is 5.75 Å². The van der Waals surface area contributed by atoms with Gasteiger partial charge in [-0.1, -0.05) is 0 Å². The summed E-state index contributed by atoms with van der Waals surface area (Å²) >= 11 is 0. The van der Waals surface area contributed by atoms with Crippen LogP contribution in [-0.2, 0) is 16.6 Å². The van der Waals surface area contributed by atoms with Crippen LogP contribution < -0.4 is 4.72 Å². The Kier molecular flexibility index (Phi) is 5.76. The lowest BCUT2D eigenvalue weighted by molar-refractivity contribution is 0.0833. The Morgan fingerprint density at radius 1 is 1.22 bits per heavy atom. The second-order valence-electron chi connectivity index (χ2n) is 6.84. The van der Waals surface area contributed by atoms with Gasteiger partial charge in [0.15, 0.2) is 5.78 Å². The van der Waals surface area contributed by atoms with Gasteiger partial charge in [0, 0.05) is 29.9 Å². The number of aromatic hydroxyl groups is 1. The minimum absolute atomic E-state index is 0.0488. The van der Waals surface area contributed by atoms with Crippen LogP contribution in [0.3, 0.4) is 0 Å². The number of hydrogen-bond donors (Lipinski definition) is 2. The predicted octanol–water partition coefficient (Wildman–Crippen LogP) is 2.25. The number of hydrogen-bond acceptors (Lipinski definition) is 6. The molecule has 0 amide bonds. The molecule has 144 valence electrons. The molecule has 1 fully saturated rings. The number of rotatable bonds is 6. The van der Waals surface area contributed by atoms with Crippen LogP contribution in [0.25, 0.3) is 0 Å². The molecule has 1 aliphatic heterocycles. The van der Waals surface area contributed by atoms with E-state index in [0.717, 1.165) is 32.2 Å². The van der Waals surface area contributed by atoms with Gasteiger partial charge in [0.05, 0.1) is 11.9 Å². The molecule has 7 nitrogen and oxygen atoms in total. The van der Waals surface area contributed by atoms with Crippen molar-refractivity contribution in [2.75, 3.05) is 24.1 Å². The van der Waals surface area contributed by atoms with Crippen LogP contribution in [0.15, 0.2) is 42.6 Å². The van der Waals surface area contributed by atoms with Crippen molar-refractivity contribution in [3.8, 4) is 5.75 Å². The molecule has 2 heterocycles. The first-order chi connectivity index (χ1) is 12.8. The van der Waals surface area contributed by atoms with Gasteiger partial charge in [-0.05, 0) is 62.3 Å². The maximum Gasteiger partial charge on any atom is 0.229 e. The van der Waals surface area contributed by atoms with Crippen molar-refractivity contribution in [2.45, 2.75) is 19.4 Å². The van der Waals surface area contributed by atoms with E-state index in [1.54, 1.807) is 42.6 Å². The Labute approximate surface area is 159 Å². The van der Waals surface area contributed by atoms with Crippen molar-refractivity contribution in [1.82, 2.24) is 9.88 Å². The Balaban J connectivity index is 1.56. The van der Waals surface area contributed by atoms with Gasteiger partial charge in [-0.3, -0.25) is 19.4 Å². The SMILES string of the molecule is CS(=O)(=O)Nc1ccc(C(=O)C2CCN(Cc3ncccc3O)CC2)cc1. The largest absolute Gasteiger partial charge is 0.506 e. The summed E-state index contributed by atoms with van der Waals surface area (Å²) in [4.78, 5) is 19.1. The van der Waals surface area contributed by atoms with E-state index in [4.69, 9.17) is 0 Å². The van der Waals surface area contributed by atoms with Crippen molar-refractivity contribution in [2.24, 2.45) is 5.92 Å². The van der Waals surface area contributed by atoms with E-state index in [0.29, 0.717) is 23.5 Å². The summed E-state index contributed by atoms with van der Waals surface area (Å²) in [5.41, 5.74) is 1.69. The van der Waals surface area contributed by atoms with E-state index in [1.165, 1.54) is 0 Å². The lowest BCUT2D eigenvalue weighted by atomic mass is 9.89. The third-order valence-corrected chi connectivity index (χ3v) is 5.28. The van der Waals surface area contributed by atoms with E-state index < -0.39 is 10.0 Å². The smallest absolute Gasteiger partial charge is 0.229 e. The first kappa shape index (κ1) is 19.3. The highest BCUT2D eigenvalue weighted by molar-refractivity contribution is 7.92. The van der Waals surface area contributed by atoms with Crippen molar-refractivity contribution in [1.29, 1.82) is 0 Å². The standard InChI is InChI=1S/C19H23N3O4S/c1-27(25,26)21-16-6-4-14(5-7-16)19(24)15-8-11-22(12-9-15)13-17-18(23)3-2-10-20-17/h2-7,10,15,21,23H,8-9,11-13H2,1H3. The number of pyridine rings is 1. The second-order valence-corrected chi connectivity index (χ2v) is 8.58. The summed E-state index contributed by atoms with van der Waals surface area (Å²) in [7, 11) is -3.33. The molecule has 27 heavy (non-hydrogen) atoms. The Hall–Kier alpha value is -2.45. The molecule has 3 rings (SSSR count). The maximum absolute atomic E-state index is 12.7. The topological polar surface area (TPSA) is 99.6 Å². The number of carbonyl (C=O) groups excluding carboxylic acids is 1. The number of benzene rings is 1. The van der Waals surface area contributed by atoms with Gasteiger partial charge in [-0.2, -0.15) is 0 Å². The van der Waals surface area contributed by atoms with Crippen LogP contribution in [0.1, 0.15) is 28.9 Å². The molecule has 1 aromatic carbocycles. The number of anilines is 1. The van der Waals surface area contributed by atoms with Crippen molar-refractivity contribution in [3.05, 3.63) is 53.9 Å². The number of Topliss-reactive ketones (excluding diaryl/α,β-unsaturated/α-hetero) is 1. The maximum atomic E-state index is 12.7. The fourth-order valence-electron chi connectivity index (χ4n) is 3.27. The van der Waals surface area contributed by atoms with Crippen molar-refractivity contribution in [3.63, 3.8) is 0 Å². The van der Waals surface area contributed by atoms with Gasteiger partial charge in [-0.15, -0.1) is 0 Å². The average Bonchev–Trinajstić information content (AvgIpc) is 2.63. The van der Waals surface area contributed by atoms with Gasteiger partial charge in [0.2, 0.25) is 10.0 Å². The number of likely N-dealkylation sites (tertiary alicyclic amines) is 1. The number of piperidine rings is 1. The summed E-state index contributed by atoms with van der Waals surface area (Å²) in [5, 5.41) is 9.84. The van der Waals surface area contributed by atoms with Gasteiger partial charge in [-0.25, -0.2) is 8.42 Å². The third kappa shape index (κ3) is 5.27. The van der Waals surface area contributed by atoms with Gasteiger partial charge in [0.25, 0.3) is 0 Å². The molecule has 0 spiro atoms. The Morgan fingerprint density at radius 2 is 1.89 bits per heavy atom. The predicted molar refractivity (Wildman–Crippen MR) is 103 cm³/mol. The number of aromatic nitrogens is 1. The zero-order chi connectivity index (χ0) is 19.4. The van der Waals surface area contributed by atoms with Crippen LogP contribution in [0.4, 0.5) is 5.69 Å². The number of sulfonamides is 1. The molecule has 0 saturated carbocycles. The molecule has 2 N–H and O–H groups in total. The summed E-state index contributed by atoms with van der Waals surface area (Å²) in [6, 6.07) is 9.85. The average molecular weight is 389 g/mol. The first-order valence-corrected chi connectivity index (χ1v) is 10.7. The molecule has 1 saturated heterocycles. The van der Waals surface area contributed by atoms with E-state index >= 15 is 0 Å². The summed E-state index contributed by atoms with van der Waals surface area (Å²) < 4.78 is 24.9. The molecular formula is C19H23N3O4S. The van der Waals surface area contributed by atoms with E-state index in [-0.39, 0.29) is 17.5 Å². The minimum Gasteiger partial charge on any atom is -0.506 e. The molecule has 0 aliphatic carbocycles. The summed E-state index contributed by atoms with van der Waals surface area (Å²) in [5.74, 6) is 0.229. The van der Waals surface area contributed by atoms with Crippen LogP contribution in [0.2, 0.25) is 0 Å². The fraction of sp³-hybridized carbons (Fsp3) is 0.368. The monoisotopic (exact) mass is 389 g/mol. The normalized spacial score (nSPS) is 16.2. The highest BCUT2D eigenvalue weighted by Gasteiger charge is 2.26. The first-order valence-electron chi connectivity index (χ1n) is 8.79. The van der Waals surface area contributed by atoms with Crippen LogP contribution in [0.5, 0.6) is 5.75 Å². The number of ketones is 1. The Bertz CT molecular complexity index is 905. The van der Waals surface area contributed by atoms with Gasteiger partial charge >= 0.3 is 0 Å². The second kappa shape index (κ2) is 8.06. The summed E-state index contributed by atoms with van der Waals surface area (Å²) in [6.45, 7) is 2.10. The molecule has 2 aromatic rings. The molecule has 8 heteroatoms. The molecule has 1 aliphatic rings. The van der Waals surface area contributed by atoms with E-state index in [1.807, 2.05) is 0 Å². The quantitative estimate of drug-likeness (QED) is 0.735. The number of carbonyl (C=O) groups is 1. The molecule has 1 aromatic heterocycles. The molecular weight excluding hydrogens is 366 g/mol. The zero-order valence-electron chi connectivity index (χ0n) is 15.1. The van der Waals surface area contributed by atoms with E-state index in [2.05, 4.69) is 14.6 Å². The lowest BCUT2D eigenvalue weighted by Gasteiger charge is -2.31. The van der Waals surface area contributed by atoms with Crippen molar-refractivity contribution < 1.29 is 18.3 Å². The van der Waals surface area contributed by atoms with E-state index in [9.17, 15) is 18.3 Å². The van der Waals surface area contributed by atoms with Gasteiger partial charge < -0.3 is 5.11 Å².